The zero-order chi connectivity index (χ0) is 18.4. The Morgan fingerprint density at radius 3 is 2.77 bits per heavy atom. The van der Waals surface area contributed by atoms with Crippen LogP contribution in [0.3, 0.4) is 0 Å². The number of nitrogens with one attached hydrogen (secondary N) is 1. The molecular weight excluding hydrogens is 334 g/mol. The van der Waals surface area contributed by atoms with E-state index in [9.17, 15) is 9.59 Å². The van der Waals surface area contributed by atoms with Crippen molar-refractivity contribution < 1.29 is 19.2 Å². The first-order valence-electron chi connectivity index (χ1n) is 9.34. The molecule has 0 aromatic heterocycles. The first kappa shape index (κ1) is 18.7. The quantitative estimate of drug-likeness (QED) is 0.828. The van der Waals surface area contributed by atoms with Gasteiger partial charge in [-0.2, -0.15) is 0 Å². The van der Waals surface area contributed by atoms with Gasteiger partial charge in [-0.3, -0.25) is 19.3 Å². The normalized spacial score (nSPS) is 21.3. The van der Waals surface area contributed by atoms with Crippen LogP contribution in [0.5, 0.6) is 5.75 Å². The minimum atomic E-state index is -0.464. The number of hydrogen-bond acceptors (Lipinski definition) is 5. The third-order valence-electron chi connectivity index (χ3n) is 4.71. The minimum Gasteiger partial charge on any atom is -0.494 e. The molecule has 2 aliphatic heterocycles. The van der Waals surface area contributed by atoms with E-state index >= 15 is 0 Å². The SMILES string of the molecule is CCOc1ccc(CN2CCNC(=O)C2CC(=O)N2CCCCO2)cc1. The fourth-order valence-corrected chi connectivity index (χ4v) is 3.33. The van der Waals surface area contributed by atoms with Gasteiger partial charge in [-0.1, -0.05) is 12.1 Å². The summed E-state index contributed by atoms with van der Waals surface area (Å²) in [5, 5.41) is 4.29. The van der Waals surface area contributed by atoms with Crippen molar-refractivity contribution >= 4 is 11.8 Å². The van der Waals surface area contributed by atoms with Crippen molar-refractivity contribution in [3.8, 4) is 5.75 Å². The summed E-state index contributed by atoms with van der Waals surface area (Å²) < 4.78 is 5.47. The van der Waals surface area contributed by atoms with Crippen molar-refractivity contribution in [1.82, 2.24) is 15.3 Å². The van der Waals surface area contributed by atoms with E-state index < -0.39 is 6.04 Å². The molecule has 7 nitrogen and oxygen atoms in total. The number of ether oxygens (including phenoxy) is 1. The van der Waals surface area contributed by atoms with Crippen LogP contribution >= 0.6 is 0 Å². The number of rotatable bonds is 6. The molecule has 0 saturated carbocycles. The zero-order valence-corrected chi connectivity index (χ0v) is 15.3. The van der Waals surface area contributed by atoms with Gasteiger partial charge in [0.25, 0.3) is 0 Å². The molecule has 1 atom stereocenters. The van der Waals surface area contributed by atoms with Crippen LogP contribution in [0.2, 0.25) is 0 Å². The first-order chi connectivity index (χ1) is 12.7. The average molecular weight is 361 g/mol. The summed E-state index contributed by atoms with van der Waals surface area (Å²) in [4.78, 5) is 32.4. The Morgan fingerprint density at radius 2 is 2.08 bits per heavy atom. The molecule has 7 heteroatoms. The third-order valence-corrected chi connectivity index (χ3v) is 4.71. The Bertz CT molecular complexity index is 614. The largest absolute Gasteiger partial charge is 0.494 e. The van der Waals surface area contributed by atoms with Crippen molar-refractivity contribution in [2.75, 3.05) is 32.8 Å². The molecule has 2 fully saturated rings. The van der Waals surface area contributed by atoms with Gasteiger partial charge < -0.3 is 10.1 Å². The summed E-state index contributed by atoms with van der Waals surface area (Å²) >= 11 is 0. The van der Waals surface area contributed by atoms with Crippen LogP contribution in [0, 0.1) is 0 Å². The smallest absolute Gasteiger partial charge is 0.248 e. The lowest BCUT2D eigenvalue weighted by Gasteiger charge is -2.36. The van der Waals surface area contributed by atoms with Crippen LogP contribution in [0.1, 0.15) is 31.7 Å². The molecule has 2 heterocycles. The molecule has 2 amide bonds. The standard InChI is InChI=1S/C19H27N3O4/c1-2-25-16-7-5-15(6-8-16)14-21-11-9-20-19(24)17(21)13-18(23)22-10-3-4-12-26-22/h5-8,17H,2-4,9-14H2,1H3,(H,20,24). The molecule has 3 rings (SSSR count). The number of carbonyl (C=O) groups excluding carboxylic acids is 2. The van der Waals surface area contributed by atoms with Crippen molar-refractivity contribution in [3.05, 3.63) is 29.8 Å². The van der Waals surface area contributed by atoms with Gasteiger partial charge in [0.05, 0.1) is 25.7 Å². The molecule has 0 spiro atoms. The predicted octanol–water partition coefficient (Wildman–Crippen LogP) is 1.33. The molecule has 142 valence electrons. The summed E-state index contributed by atoms with van der Waals surface area (Å²) in [7, 11) is 0. The lowest BCUT2D eigenvalue weighted by Crippen LogP contribution is -2.56. The fourth-order valence-electron chi connectivity index (χ4n) is 3.33. The molecule has 0 bridgehead atoms. The van der Waals surface area contributed by atoms with Gasteiger partial charge in [0.2, 0.25) is 11.8 Å². The van der Waals surface area contributed by atoms with Crippen molar-refractivity contribution in [3.63, 3.8) is 0 Å². The Labute approximate surface area is 154 Å². The van der Waals surface area contributed by atoms with Crippen LogP contribution in [0.15, 0.2) is 24.3 Å². The van der Waals surface area contributed by atoms with Gasteiger partial charge in [-0.25, -0.2) is 5.06 Å². The van der Waals surface area contributed by atoms with E-state index in [2.05, 4.69) is 10.2 Å². The maximum Gasteiger partial charge on any atom is 0.248 e. The van der Waals surface area contributed by atoms with Gasteiger partial charge in [0.1, 0.15) is 5.75 Å². The number of hydrogen-bond donors (Lipinski definition) is 1. The molecule has 1 aromatic carbocycles. The second kappa shape index (κ2) is 9.00. The highest BCUT2D eigenvalue weighted by molar-refractivity contribution is 5.88. The predicted molar refractivity (Wildman–Crippen MR) is 96.3 cm³/mol. The Morgan fingerprint density at radius 1 is 1.27 bits per heavy atom. The Hall–Kier alpha value is -2.12. The van der Waals surface area contributed by atoms with Crippen molar-refractivity contribution in [1.29, 1.82) is 0 Å². The number of benzene rings is 1. The monoisotopic (exact) mass is 361 g/mol. The molecule has 2 aliphatic rings. The lowest BCUT2D eigenvalue weighted by molar-refractivity contribution is -0.198. The van der Waals surface area contributed by atoms with Gasteiger partial charge in [0.15, 0.2) is 0 Å². The summed E-state index contributed by atoms with van der Waals surface area (Å²) in [5.74, 6) is 0.623. The summed E-state index contributed by atoms with van der Waals surface area (Å²) in [6.07, 6.45) is 2.05. The van der Waals surface area contributed by atoms with E-state index in [4.69, 9.17) is 9.57 Å². The van der Waals surface area contributed by atoms with E-state index in [0.717, 1.165) is 30.7 Å². The Kier molecular flexibility index (Phi) is 6.46. The topological polar surface area (TPSA) is 71.1 Å². The molecule has 26 heavy (non-hydrogen) atoms. The van der Waals surface area contributed by atoms with Crippen molar-refractivity contribution in [2.24, 2.45) is 0 Å². The summed E-state index contributed by atoms with van der Waals surface area (Å²) in [6.45, 7) is 5.70. The van der Waals surface area contributed by atoms with E-state index in [1.54, 1.807) is 0 Å². The molecular formula is C19H27N3O4. The van der Waals surface area contributed by atoms with Gasteiger partial charge in [0, 0.05) is 26.2 Å². The maximum absolute atomic E-state index is 12.5. The number of hydroxylamine groups is 2. The number of piperazine rings is 1. The summed E-state index contributed by atoms with van der Waals surface area (Å²) in [6, 6.07) is 7.41. The fraction of sp³-hybridized carbons (Fsp3) is 0.579. The summed E-state index contributed by atoms with van der Waals surface area (Å²) in [5.41, 5.74) is 1.09. The van der Waals surface area contributed by atoms with Crippen LogP contribution < -0.4 is 10.1 Å². The molecule has 0 radical (unpaired) electrons. The van der Waals surface area contributed by atoms with E-state index in [0.29, 0.717) is 32.8 Å². The van der Waals surface area contributed by atoms with E-state index in [1.807, 2.05) is 31.2 Å². The van der Waals surface area contributed by atoms with Crippen LogP contribution in [-0.4, -0.2) is 60.7 Å². The second-order valence-corrected chi connectivity index (χ2v) is 6.59. The third kappa shape index (κ3) is 4.74. The van der Waals surface area contributed by atoms with Gasteiger partial charge >= 0.3 is 0 Å². The highest BCUT2D eigenvalue weighted by Gasteiger charge is 2.33. The van der Waals surface area contributed by atoms with E-state index in [1.165, 1.54) is 5.06 Å². The highest BCUT2D eigenvalue weighted by Crippen LogP contribution is 2.18. The number of amides is 2. The lowest BCUT2D eigenvalue weighted by atomic mass is 10.1. The number of carbonyl (C=O) groups is 2. The first-order valence-corrected chi connectivity index (χ1v) is 9.34. The van der Waals surface area contributed by atoms with Crippen LogP contribution in [0.25, 0.3) is 0 Å². The minimum absolute atomic E-state index is 0.0902. The maximum atomic E-state index is 12.5. The highest BCUT2D eigenvalue weighted by atomic mass is 16.7. The van der Waals surface area contributed by atoms with Crippen LogP contribution in [0.4, 0.5) is 0 Å². The zero-order valence-electron chi connectivity index (χ0n) is 15.3. The molecule has 2 saturated heterocycles. The molecule has 0 aliphatic carbocycles. The number of nitrogens with zero attached hydrogens (tertiary/aromatic N) is 2. The average Bonchev–Trinajstić information content (AvgIpc) is 2.67. The van der Waals surface area contributed by atoms with Gasteiger partial charge in [-0.15, -0.1) is 0 Å². The molecule has 1 aromatic rings. The van der Waals surface area contributed by atoms with Crippen LogP contribution in [-0.2, 0) is 21.0 Å². The second-order valence-electron chi connectivity index (χ2n) is 6.59. The molecule has 1 N–H and O–H groups in total. The molecule has 1 unspecified atom stereocenters. The van der Waals surface area contributed by atoms with Gasteiger partial charge in [-0.05, 0) is 37.5 Å². The van der Waals surface area contributed by atoms with Crippen molar-refractivity contribution in [2.45, 2.75) is 38.8 Å². The van der Waals surface area contributed by atoms with E-state index in [-0.39, 0.29) is 18.2 Å². The Balaban J connectivity index is 1.63.